The molecule has 0 unspecified atom stereocenters. The number of hydrogen-bond donors (Lipinski definition) is 2. The first-order chi connectivity index (χ1) is 14.4. The summed E-state index contributed by atoms with van der Waals surface area (Å²) in [4.78, 5) is 13.0. The maximum absolute atomic E-state index is 13.2. The molecule has 1 saturated carbocycles. The third kappa shape index (κ3) is 5.04. The van der Waals surface area contributed by atoms with Crippen LogP contribution in [0.2, 0.25) is 0 Å². The lowest BCUT2D eigenvalue weighted by Gasteiger charge is -2.23. The molecule has 0 spiro atoms. The molecule has 1 amide bonds. The molecule has 0 aliphatic heterocycles. The molecule has 1 fully saturated rings. The predicted octanol–water partition coefficient (Wildman–Crippen LogP) is 4.98. The highest BCUT2D eigenvalue weighted by atomic mass is 32.2. The topological polar surface area (TPSA) is 75.3 Å². The number of hydrogen-bond acceptors (Lipinski definition) is 3. The van der Waals surface area contributed by atoms with E-state index in [-0.39, 0.29) is 16.8 Å². The monoisotopic (exact) mass is 428 g/mol. The molecule has 0 atom stereocenters. The molecule has 162 valence electrons. The molecule has 2 N–H and O–H groups in total. The number of sulfonamides is 1. The van der Waals surface area contributed by atoms with Crippen molar-refractivity contribution in [3.63, 3.8) is 0 Å². The number of rotatable bonds is 7. The highest BCUT2D eigenvalue weighted by Crippen LogP contribution is 2.27. The predicted molar refractivity (Wildman–Crippen MR) is 122 cm³/mol. The van der Waals surface area contributed by atoms with Gasteiger partial charge in [0.2, 0.25) is 0 Å². The summed E-state index contributed by atoms with van der Waals surface area (Å²) in [6.07, 6.45) is 6.89. The summed E-state index contributed by atoms with van der Waals surface area (Å²) in [6.45, 7) is 5.85. The minimum Gasteiger partial charge on any atom is -0.349 e. The maximum Gasteiger partial charge on any atom is 0.261 e. The number of para-hydroxylation sites is 1. The van der Waals surface area contributed by atoms with Crippen LogP contribution in [0.4, 0.5) is 5.69 Å². The van der Waals surface area contributed by atoms with Gasteiger partial charge in [0.25, 0.3) is 15.9 Å². The molecule has 0 aromatic heterocycles. The summed E-state index contributed by atoms with van der Waals surface area (Å²) in [5.41, 5.74) is 3.75. The number of amides is 1. The quantitative estimate of drug-likeness (QED) is 0.653. The van der Waals surface area contributed by atoms with E-state index in [0.29, 0.717) is 11.3 Å². The second-order valence-electron chi connectivity index (χ2n) is 8.05. The molecule has 5 nitrogen and oxygen atoms in total. The van der Waals surface area contributed by atoms with Crippen molar-refractivity contribution in [1.82, 2.24) is 5.32 Å². The van der Waals surface area contributed by atoms with Gasteiger partial charge in [0, 0.05) is 11.6 Å². The molecule has 30 heavy (non-hydrogen) atoms. The van der Waals surface area contributed by atoms with Crippen molar-refractivity contribution in [3.05, 3.63) is 58.7 Å². The zero-order valence-corrected chi connectivity index (χ0v) is 18.9. The van der Waals surface area contributed by atoms with E-state index < -0.39 is 10.0 Å². The van der Waals surface area contributed by atoms with Crippen LogP contribution in [0.3, 0.4) is 0 Å². The Morgan fingerprint density at radius 2 is 1.63 bits per heavy atom. The van der Waals surface area contributed by atoms with Gasteiger partial charge in [0.15, 0.2) is 0 Å². The van der Waals surface area contributed by atoms with Crippen LogP contribution in [-0.2, 0) is 22.9 Å². The van der Waals surface area contributed by atoms with E-state index >= 15 is 0 Å². The Labute approximate surface area is 180 Å². The average Bonchev–Trinajstić information content (AvgIpc) is 2.74. The third-order valence-corrected chi connectivity index (χ3v) is 7.29. The molecule has 0 heterocycles. The number of carbonyl (C=O) groups is 1. The van der Waals surface area contributed by atoms with Gasteiger partial charge >= 0.3 is 0 Å². The summed E-state index contributed by atoms with van der Waals surface area (Å²) in [6, 6.07) is 10.8. The Kier molecular flexibility index (Phi) is 7.19. The van der Waals surface area contributed by atoms with Gasteiger partial charge in [-0.2, -0.15) is 0 Å². The largest absolute Gasteiger partial charge is 0.349 e. The van der Waals surface area contributed by atoms with Gasteiger partial charge in [-0.05, 0) is 61.4 Å². The first-order valence-electron chi connectivity index (χ1n) is 10.9. The highest BCUT2D eigenvalue weighted by Gasteiger charge is 2.22. The molecule has 0 radical (unpaired) electrons. The molecule has 0 bridgehead atoms. The van der Waals surface area contributed by atoms with Crippen LogP contribution < -0.4 is 10.0 Å². The van der Waals surface area contributed by atoms with E-state index in [1.54, 1.807) is 12.1 Å². The molecular weight excluding hydrogens is 396 g/mol. The average molecular weight is 429 g/mol. The Morgan fingerprint density at radius 3 is 2.23 bits per heavy atom. The zero-order valence-electron chi connectivity index (χ0n) is 18.1. The summed E-state index contributed by atoms with van der Waals surface area (Å²) in [5.74, 6) is -0.195. The molecule has 1 aliphatic rings. The van der Waals surface area contributed by atoms with Crippen molar-refractivity contribution in [2.45, 2.75) is 76.7 Å². The fourth-order valence-corrected chi connectivity index (χ4v) is 5.26. The minimum absolute atomic E-state index is 0.106. The van der Waals surface area contributed by atoms with E-state index in [0.717, 1.165) is 55.2 Å². The lowest BCUT2D eigenvalue weighted by atomic mass is 9.95. The summed E-state index contributed by atoms with van der Waals surface area (Å²) >= 11 is 0. The Bertz CT molecular complexity index is 987. The summed E-state index contributed by atoms with van der Waals surface area (Å²) in [7, 11) is -3.81. The van der Waals surface area contributed by atoms with Crippen molar-refractivity contribution < 1.29 is 13.2 Å². The number of benzene rings is 2. The van der Waals surface area contributed by atoms with E-state index in [1.165, 1.54) is 12.5 Å². The van der Waals surface area contributed by atoms with Crippen molar-refractivity contribution >= 4 is 21.6 Å². The van der Waals surface area contributed by atoms with E-state index in [9.17, 15) is 13.2 Å². The normalized spacial score (nSPS) is 15.0. The lowest BCUT2D eigenvalue weighted by Crippen LogP contribution is -2.36. The lowest BCUT2D eigenvalue weighted by molar-refractivity contribution is 0.0927. The molecule has 2 aromatic rings. The third-order valence-electron chi connectivity index (χ3n) is 5.94. The standard InChI is InChI=1S/C24H32N2O3S/c1-4-18-10-9-11-19(5-2)23(18)26-30(28,29)21-15-14-17(3)22(16-21)24(27)25-20-12-7-6-8-13-20/h9-11,14-16,20,26H,4-8,12-13H2,1-3H3,(H,25,27). The van der Waals surface area contributed by atoms with Gasteiger partial charge in [0.05, 0.1) is 10.6 Å². The molecule has 1 aliphatic carbocycles. The van der Waals surface area contributed by atoms with Crippen LogP contribution >= 0.6 is 0 Å². The number of aryl methyl sites for hydroxylation is 3. The van der Waals surface area contributed by atoms with Crippen LogP contribution in [0.25, 0.3) is 0 Å². The first kappa shape index (κ1) is 22.3. The molecular formula is C24H32N2O3S. The van der Waals surface area contributed by atoms with E-state index in [1.807, 2.05) is 39.0 Å². The van der Waals surface area contributed by atoms with Crippen molar-refractivity contribution in [2.75, 3.05) is 4.72 Å². The highest BCUT2D eigenvalue weighted by molar-refractivity contribution is 7.92. The van der Waals surface area contributed by atoms with Gasteiger partial charge in [-0.1, -0.05) is 57.4 Å². The molecule has 6 heteroatoms. The minimum atomic E-state index is -3.81. The molecule has 2 aromatic carbocycles. The van der Waals surface area contributed by atoms with Crippen LogP contribution in [-0.4, -0.2) is 20.4 Å². The molecule has 3 rings (SSSR count). The zero-order chi connectivity index (χ0) is 21.7. The van der Waals surface area contributed by atoms with Crippen LogP contribution in [0.15, 0.2) is 41.3 Å². The van der Waals surface area contributed by atoms with Crippen LogP contribution in [0, 0.1) is 6.92 Å². The van der Waals surface area contributed by atoms with Crippen LogP contribution in [0.1, 0.15) is 73.0 Å². The first-order valence-corrected chi connectivity index (χ1v) is 12.4. The fraction of sp³-hybridized carbons (Fsp3) is 0.458. The van der Waals surface area contributed by atoms with E-state index in [4.69, 9.17) is 0 Å². The van der Waals surface area contributed by atoms with Gasteiger partial charge in [-0.15, -0.1) is 0 Å². The van der Waals surface area contributed by atoms with E-state index in [2.05, 4.69) is 10.0 Å². The fourth-order valence-electron chi connectivity index (χ4n) is 4.09. The number of nitrogens with one attached hydrogen (secondary N) is 2. The summed E-state index contributed by atoms with van der Waals surface area (Å²) in [5, 5.41) is 3.09. The van der Waals surface area contributed by atoms with Gasteiger partial charge in [-0.25, -0.2) is 8.42 Å². The summed E-state index contributed by atoms with van der Waals surface area (Å²) < 4.78 is 29.1. The number of carbonyl (C=O) groups excluding carboxylic acids is 1. The molecule has 0 saturated heterocycles. The Balaban J connectivity index is 1.88. The maximum atomic E-state index is 13.2. The SMILES string of the molecule is CCc1cccc(CC)c1NS(=O)(=O)c1ccc(C)c(C(=O)NC2CCCCC2)c1. The van der Waals surface area contributed by atoms with Crippen molar-refractivity contribution in [3.8, 4) is 0 Å². The van der Waals surface area contributed by atoms with Crippen molar-refractivity contribution in [2.24, 2.45) is 0 Å². The Morgan fingerprint density at radius 1 is 1.00 bits per heavy atom. The number of anilines is 1. The van der Waals surface area contributed by atoms with Gasteiger partial charge in [0.1, 0.15) is 0 Å². The van der Waals surface area contributed by atoms with Crippen LogP contribution in [0.5, 0.6) is 0 Å². The second kappa shape index (κ2) is 9.65. The smallest absolute Gasteiger partial charge is 0.261 e. The van der Waals surface area contributed by atoms with Gasteiger partial charge < -0.3 is 5.32 Å². The second-order valence-corrected chi connectivity index (χ2v) is 9.73. The Hall–Kier alpha value is -2.34. The van der Waals surface area contributed by atoms with Crippen molar-refractivity contribution in [1.29, 1.82) is 0 Å². The van der Waals surface area contributed by atoms with Gasteiger partial charge in [-0.3, -0.25) is 9.52 Å².